The average molecular weight is 248 g/mol. The van der Waals surface area contributed by atoms with Crippen LogP contribution in [0.3, 0.4) is 0 Å². The number of hydrogen-bond acceptors (Lipinski definition) is 2. The first kappa shape index (κ1) is 10.3. The van der Waals surface area contributed by atoms with Crippen LogP contribution in [0.1, 0.15) is 4.88 Å². The normalized spacial score (nSPS) is 11.1. The number of H-pyrrole nitrogens is 1. The van der Waals surface area contributed by atoms with Crippen LogP contribution < -0.4 is 5.69 Å². The molecule has 2 aromatic heterocycles. The van der Waals surface area contributed by atoms with Crippen LogP contribution in [-0.2, 0) is 6.54 Å². The van der Waals surface area contributed by atoms with Gasteiger partial charge in [-0.15, -0.1) is 11.3 Å². The molecule has 86 valence electrons. The smallest absolute Gasteiger partial charge is 0.305 e. The fourth-order valence-electron chi connectivity index (χ4n) is 1.88. The molecule has 17 heavy (non-hydrogen) atoms. The summed E-state index contributed by atoms with van der Waals surface area (Å²) in [6.45, 7) is 0.400. The van der Waals surface area contributed by atoms with E-state index < -0.39 is 0 Å². The van der Waals surface area contributed by atoms with Gasteiger partial charge in [0.05, 0.1) is 12.1 Å². The first-order valence-corrected chi connectivity index (χ1v) is 6.03. The van der Waals surface area contributed by atoms with Crippen molar-refractivity contribution < 1.29 is 4.39 Å². The monoisotopic (exact) mass is 248 g/mol. The molecule has 0 unspecified atom stereocenters. The highest BCUT2D eigenvalue weighted by Gasteiger charge is 2.11. The van der Waals surface area contributed by atoms with E-state index in [1.54, 1.807) is 23.5 Å². The SMILES string of the molecule is O=c1[nH]c2cccc(F)c2n1Cc1cccs1. The van der Waals surface area contributed by atoms with E-state index in [0.717, 1.165) is 4.88 Å². The lowest BCUT2D eigenvalue weighted by atomic mass is 10.3. The summed E-state index contributed by atoms with van der Waals surface area (Å²) in [6, 6.07) is 8.49. The Morgan fingerprint density at radius 3 is 2.94 bits per heavy atom. The minimum absolute atomic E-state index is 0.279. The van der Waals surface area contributed by atoms with E-state index in [1.807, 2.05) is 17.5 Å². The van der Waals surface area contributed by atoms with Crippen LogP contribution >= 0.6 is 11.3 Å². The van der Waals surface area contributed by atoms with Gasteiger partial charge in [0, 0.05) is 4.88 Å². The van der Waals surface area contributed by atoms with Crippen molar-refractivity contribution in [2.75, 3.05) is 0 Å². The van der Waals surface area contributed by atoms with Crippen molar-refractivity contribution >= 4 is 22.4 Å². The molecule has 0 saturated heterocycles. The summed E-state index contributed by atoms with van der Waals surface area (Å²) >= 11 is 1.55. The van der Waals surface area contributed by atoms with E-state index in [1.165, 1.54) is 10.6 Å². The number of hydrogen-bond donors (Lipinski definition) is 1. The van der Waals surface area contributed by atoms with Crippen LogP contribution in [0.4, 0.5) is 4.39 Å². The molecule has 1 aromatic carbocycles. The fraction of sp³-hybridized carbons (Fsp3) is 0.0833. The zero-order valence-electron chi connectivity index (χ0n) is 8.81. The molecule has 0 atom stereocenters. The van der Waals surface area contributed by atoms with Gasteiger partial charge >= 0.3 is 5.69 Å². The van der Waals surface area contributed by atoms with Gasteiger partial charge in [-0.3, -0.25) is 4.57 Å². The van der Waals surface area contributed by atoms with E-state index in [9.17, 15) is 9.18 Å². The van der Waals surface area contributed by atoms with Crippen molar-refractivity contribution in [2.24, 2.45) is 0 Å². The van der Waals surface area contributed by atoms with Gasteiger partial charge in [-0.25, -0.2) is 9.18 Å². The zero-order valence-corrected chi connectivity index (χ0v) is 9.63. The second-order valence-corrected chi connectivity index (χ2v) is 4.76. The van der Waals surface area contributed by atoms with Gasteiger partial charge in [0.15, 0.2) is 0 Å². The number of fused-ring (bicyclic) bond motifs is 1. The number of imidazole rings is 1. The number of aromatic amines is 1. The standard InChI is InChI=1S/C12H9FN2OS/c13-9-4-1-5-10-11(9)15(12(16)14-10)7-8-3-2-6-17-8/h1-6H,7H2,(H,14,16). The summed E-state index contributed by atoms with van der Waals surface area (Å²) < 4.78 is 15.1. The number of rotatable bonds is 2. The van der Waals surface area contributed by atoms with E-state index in [0.29, 0.717) is 17.6 Å². The maximum Gasteiger partial charge on any atom is 0.326 e. The van der Waals surface area contributed by atoms with Gasteiger partial charge in [0.2, 0.25) is 0 Å². The van der Waals surface area contributed by atoms with Crippen LogP contribution in [-0.4, -0.2) is 9.55 Å². The third kappa shape index (κ3) is 1.68. The average Bonchev–Trinajstić information content (AvgIpc) is 2.89. The van der Waals surface area contributed by atoms with E-state index in [4.69, 9.17) is 0 Å². The van der Waals surface area contributed by atoms with Crippen molar-refractivity contribution in [3.63, 3.8) is 0 Å². The minimum Gasteiger partial charge on any atom is -0.305 e. The topological polar surface area (TPSA) is 37.8 Å². The maximum atomic E-state index is 13.7. The van der Waals surface area contributed by atoms with Crippen LogP contribution in [0, 0.1) is 5.82 Å². The molecule has 0 radical (unpaired) electrons. The predicted molar refractivity (Wildman–Crippen MR) is 65.9 cm³/mol. The molecule has 3 aromatic rings. The molecule has 0 saturated carbocycles. The molecule has 2 heterocycles. The number of halogens is 1. The van der Waals surface area contributed by atoms with Crippen molar-refractivity contribution in [3.8, 4) is 0 Å². The van der Waals surface area contributed by atoms with Gasteiger partial charge in [0.25, 0.3) is 0 Å². The molecule has 0 aliphatic heterocycles. The third-order valence-electron chi connectivity index (χ3n) is 2.64. The van der Waals surface area contributed by atoms with Crippen LogP contribution in [0.25, 0.3) is 11.0 Å². The van der Waals surface area contributed by atoms with E-state index >= 15 is 0 Å². The highest BCUT2D eigenvalue weighted by Crippen LogP contribution is 2.17. The van der Waals surface area contributed by atoms with E-state index in [-0.39, 0.29) is 11.5 Å². The summed E-state index contributed by atoms with van der Waals surface area (Å²) in [5, 5.41) is 1.94. The van der Waals surface area contributed by atoms with Crippen molar-refractivity contribution in [2.45, 2.75) is 6.54 Å². The Labute approximate surface area is 100 Å². The first-order valence-electron chi connectivity index (χ1n) is 5.15. The molecule has 0 aliphatic rings. The van der Waals surface area contributed by atoms with Gasteiger partial charge < -0.3 is 4.98 Å². The molecular formula is C12H9FN2OS. The summed E-state index contributed by atoms with van der Waals surface area (Å²) in [4.78, 5) is 15.4. The molecule has 3 nitrogen and oxygen atoms in total. The Kier molecular flexibility index (Phi) is 2.33. The van der Waals surface area contributed by atoms with Crippen molar-refractivity contribution in [1.82, 2.24) is 9.55 Å². The van der Waals surface area contributed by atoms with E-state index in [2.05, 4.69) is 4.98 Å². The predicted octanol–water partition coefficient (Wildman–Crippen LogP) is 2.58. The summed E-state index contributed by atoms with van der Waals surface area (Å²) in [5.41, 5.74) is 0.593. The van der Waals surface area contributed by atoms with Gasteiger partial charge in [-0.2, -0.15) is 0 Å². The summed E-state index contributed by atoms with van der Waals surface area (Å²) in [7, 11) is 0. The molecule has 5 heteroatoms. The quantitative estimate of drug-likeness (QED) is 0.743. The number of nitrogens with zero attached hydrogens (tertiary/aromatic N) is 1. The number of benzene rings is 1. The second kappa shape index (κ2) is 3.85. The van der Waals surface area contributed by atoms with Crippen LogP contribution in [0.5, 0.6) is 0 Å². The minimum atomic E-state index is -0.377. The summed E-state index contributed by atoms with van der Waals surface area (Å²) in [5.74, 6) is -0.377. The second-order valence-electron chi connectivity index (χ2n) is 3.73. The fourth-order valence-corrected chi connectivity index (χ4v) is 2.58. The molecule has 0 fully saturated rings. The Hall–Kier alpha value is -1.88. The lowest BCUT2D eigenvalue weighted by molar-refractivity contribution is 0.627. The number of para-hydroxylation sites is 1. The Balaban J connectivity index is 2.21. The largest absolute Gasteiger partial charge is 0.326 e. The van der Waals surface area contributed by atoms with Crippen molar-refractivity contribution in [1.29, 1.82) is 0 Å². The summed E-state index contributed by atoms with van der Waals surface area (Å²) in [6.07, 6.45) is 0. The van der Waals surface area contributed by atoms with Crippen LogP contribution in [0.15, 0.2) is 40.5 Å². The highest BCUT2D eigenvalue weighted by atomic mass is 32.1. The molecule has 0 spiro atoms. The van der Waals surface area contributed by atoms with Gasteiger partial charge in [-0.05, 0) is 23.6 Å². The van der Waals surface area contributed by atoms with Gasteiger partial charge in [0.1, 0.15) is 11.3 Å². The van der Waals surface area contributed by atoms with Crippen molar-refractivity contribution in [3.05, 3.63) is 56.9 Å². The number of aromatic nitrogens is 2. The third-order valence-corrected chi connectivity index (χ3v) is 3.50. The van der Waals surface area contributed by atoms with Crippen LogP contribution in [0.2, 0.25) is 0 Å². The molecule has 1 N–H and O–H groups in total. The maximum absolute atomic E-state index is 13.7. The lowest BCUT2D eigenvalue weighted by Gasteiger charge is -2.01. The Morgan fingerprint density at radius 1 is 1.29 bits per heavy atom. The molecule has 0 aliphatic carbocycles. The molecule has 3 rings (SSSR count). The lowest BCUT2D eigenvalue weighted by Crippen LogP contribution is -2.17. The zero-order chi connectivity index (χ0) is 11.8. The highest BCUT2D eigenvalue weighted by molar-refractivity contribution is 7.09. The Morgan fingerprint density at radius 2 is 2.18 bits per heavy atom. The number of nitrogens with one attached hydrogen (secondary N) is 1. The molecule has 0 bridgehead atoms. The first-order chi connectivity index (χ1) is 8.25. The van der Waals surface area contributed by atoms with Gasteiger partial charge in [-0.1, -0.05) is 12.1 Å². The number of thiophene rings is 1. The molecular weight excluding hydrogens is 239 g/mol. The Bertz CT molecular complexity index is 712. The molecule has 0 amide bonds.